The van der Waals surface area contributed by atoms with Gasteiger partial charge in [0.1, 0.15) is 18.1 Å². The molecule has 2 saturated heterocycles. The van der Waals surface area contributed by atoms with Gasteiger partial charge in [0.25, 0.3) is 0 Å². The van der Waals surface area contributed by atoms with Crippen molar-refractivity contribution in [1.82, 2.24) is 20.2 Å². The average Bonchev–Trinajstić information content (AvgIpc) is 3.34. The Labute approximate surface area is 140 Å². The number of anilines is 1. The minimum atomic E-state index is 0.134. The maximum atomic E-state index is 5.82. The third kappa shape index (κ3) is 3.49. The van der Waals surface area contributed by atoms with Crippen LogP contribution in [0.25, 0.3) is 11.4 Å². The molecule has 0 amide bonds. The van der Waals surface area contributed by atoms with Crippen LogP contribution in [0.1, 0.15) is 12.8 Å². The molecule has 128 valence electrons. The van der Waals surface area contributed by atoms with Crippen LogP contribution in [0.2, 0.25) is 0 Å². The van der Waals surface area contributed by atoms with E-state index in [2.05, 4.69) is 25.1 Å². The van der Waals surface area contributed by atoms with Crippen molar-refractivity contribution in [3.8, 4) is 17.4 Å². The van der Waals surface area contributed by atoms with Crippen LogP contribution < -0.4 is 9.64 Å². The fourth-order valence-electron chi connectivity index (χ4n) is 2.91. The largest absolute Gasteiger partial charge is 0.461 e. The molecule has 8 heteroatoms. The summed E-state index contributed by atoms with van der Waals surface area (Å²) in [5.41, 5.74) is 1.52. The number of rotatable bonds is 5. The number of ether oxygens (including phenoxy) is 3. The highest BCUT2D eigenvalue weighted by molar-refractivity contribution is 5.59. The first-order chi connectivity index (χ1) is 11.9. The predicted octanol–water partition coefficient (Wildman–Crippen LogP) is 1.26. The molecule has 1 N–H and O–H groups in total. The predicted molar refractivity (Wildman–Crippen MR) is 87.1 cm³/mol. The zero-order valence-electron chi connectivity index (χ0n) is 13.5. The van der Waals surface area contributed by atoms with Crippen molar-refractivity contribution in [3.63, 3.8) is 0 Å². The molecule has 2 fully saturated rings. The number of hydrogen-bond donors (Lipinski definition) is 1. The van der Waals surface area contributed by atoms with Gasteiger partial charge < -0.3 is 19.1 Å². The van der Waals surface area contributed by atoms with E-state index in [4.69, 9.17) is 14.2 Å². The van der Waals surface area contributed by atoms with Crippen LogP contribution in [0.3, 0.4) is 0 Å². The van der Waals surface area contributed by atoms with Gasteiger partial charge in [-0.25, -0.2) is 0 Å². The first kappa shape index (κ1) is 15.3. The molecule has 24 heavy (non-hydrogen) atoms. The molecule has 2 aromatic heterocycles. The Hall–Kier alpha value is -2.19. The molecule has 1 unspecified atom stereocenters. The Balaban J connectivity index is 1.57. The van der Waals surface area contributed by atoms with Gasteiger partial charge in [-0.3, -0.25) is 5.10 Å². The Bertz CT molecular complexity index is 652. The standard InChI is InChI=1S/C16H21N5O3/c1-2-12(23-7-1)11-24-16-18-14(13-3-4-17-20-13)10-15(19-16)21-5-8-22-9-6-21/h3-4,10,12H,1-2,5-9,11H2,(H,17,20). The normalized spacial score (nSPS) is 21.2. The van der Waals surface area contributed by atoms with Gasteiger partial charge in [0.15, 0.2) is 0 Å². The minimum Gasteiger partial charge on any atom is -0.461 e. The Kier molecular flexibility index (Phi) is 4.57. The molecule has 2 aromatic rings. The highest BCUT2D eigenvalue weighted by atomic mass is 16.5. The Morgan fingerprint density at radius 2 is 2.12 bits per heavy atom. The van der Waals surface area contributed by atoms with E-state index in [0.717, 1.165) is 49.7 Å². The number of morpholine rings is 1. The van der Waals surface area contributed by atoms with Crippen LogP contribution in [0.5, 0.6) is 6.01 Å². The van der Waals surface area contributed by atoms with Crippen molar-refractivity contribution in [2.45, 2.75) is 18.9 Å². The van der Waals surface area contributed by atoms with E-state index in [0.29, 0.717) is 25.8 Å². The molecular formula is C16H21N5O3. The third-order valence-electron chi connectivity index (χ3n) is 4.21. The number of aromatic amines is 1. The molecule has 0 aromatic carbocycles. The van der Waals surface area contributed by atoms with Gasteiger partial charge in [-0.15, -0.1) is 0 Å². The lowest BCUT2D eigenvalue weighted by Gasteiger charge is -2.28. The van der Waals surface area contributed by atoms with Gasteiger partial charge in [-0.1, -0.05) is 0 Å². The fourth-order valence-corrected chi connectivity index (χ4v) is 2.91. The van der Waals surface area contributed by atoms with Gasteiger partial charge in [0.2, 0.25) is 0 Å². The van der Waals surface area contributed by atoms with Crippen LogP contribution in [0, 0.1) is 0 Å². The molecule has 2 aliphatic rings. The van der Waals surface area contributed by atoms with Crippen LogP contribution in [-0.2, 0) is 9.47 Å². The number of aromatic nitrogens is 4. The zero-order valence-corrected chi connectivity index (χ0v) is 13.5. The summed E-state index contributed by atoms with van der Waals surface area (Å²) >= 11 is 0. The number of nitrogens with zero attached hydrogens (tertiary/aromatic N) is 4. The topological polar surface area (TPSA) is 85.4 Å². The monoisotopic (exact) mass is 331 g/mol. The quantitative estimate of drug-likeness (QED) is 0.883. The minimum absolute atomic E-state index is 0.134. The SMILES string of the molecule is c1cc(-c2cc(N3CCOCC3)nc(OCC3CCCO3)n2)n[nH]1. The second-order valence-electron chi connectivity index (χ2n) is 5.90. The molecule has 2 aliphatic heterocycles. The lowest BCUT2D eigenvalue weighted by Crippen LogP contribution is -2.36. The van der Waals surface area contributed by atoms with Crippen LogP contribution in [0.15, 0.2) is 18.3 Å². The first-order valence-electron chi connectivity index (χ1n) is 8.35. The Morgan fingerprint density at radius 1 is 1.21 bits per heavy atom. The van der Waals surface area contributed by atoms with Crippen LogP contribution >= 0.6 is 0 Å². The van der Waals surface area contributed by atoms with E-state index in [-0.39, 0.29) is 6.10 Å². The van der Waals surface area contributed by atoms with Crippen molar-refractivity contribution < 1.29 is 14.2 Å². The van der Waals surface area contributed by atoms with E-state index in [1.807, 2.05) is 12.1 Å². The molecule has 4 heterocycles. The molecule has 0 bridgehead atoms. The second-order valence-corrected chi connectivity index (χ2v) is 5.90. The van der Waals surface area contributed by atoms with Crippen molar-refractivity contribution in [3.05, 3.63) is 18.3 Å². The first-order valence-corrected chi connectivity index (χ1v) is 8.35. The maximum Gasteiger partial charge on any atom is 0.319 e. The molecule has 0 radical (unpaired) electrons. The highest BCUT2D eigenvalue weighted by Crippen LogP contribution is 2.24. The molecule has 0 spiro atoms. The van der Waals surface area contributed by atoms with Crippen molar-refractivity contribution in [2.24, 2.45) is 0 Å². The molecule has 8 nitrogen and oxygen atoms in total. The summed E-state index contributed by atoms with van der Waals surface area (Å²) in [4.78, 5) is 11.3. The Morgan fingerprint density at radius 3 is 2.88 bits per heavy atom. The summed E-state index contributed by atoms with van der Waals surface area (Å²) in [7, 11) is 0. The average molecular weight is 331 g/mol. The lowest BCUT2D eigenvalue weighted by molar-refractivity contribution is 0.0645. The summed E-state index contributed by atoms with van der Waals surface area (Å²) in [6, 6.07) is 4.20. The van der Waals surface area contributed by atoms with E-state index in [1.165, 1.54) is 0 Å². The van der Waals surface area contributed by atoms with Gasteiger partial charge in [-0.05, 0) is 18.9 Å². The number of nitrogens with one attached hydrogen (secondary N) is 1. The van der Waals surface area contributed by atoms with E-state index in [9.17, 15) is 0 Å². The smallest absolute Gasteiger partial charge is 0.319 e. The number of H-pyrrole nitrogens is 1. The van der Waals surface area contributed by atoms with Crippen LogP contribution in [0.4, 0.5) is 5.82 Å². The molecule has 1 atom stereocenters. The summed E-state index contributed by atoms with van der Waals surface area (Å²) in [5, 5.41) is 7.03. The van der Waals surface area contributed by atoms with Gasteiger partial charge in [0, 0.05) is 32.0 Å². The summed E-state index contributed by atoms with van der Waals surface area (Å²) in [6.07, 6.45) is 4.02. The van der Waals surface area contributed by atoms with E-state index < -0.39 is 0 Å². The van der Waals surface area contributed by atoms with Crippen molar-refractivity contribution in [1.29, 1.82) is 0 Å². The zero-order chi connectivity index (χ0) is 16.2. The van der Waals surface area contributed by atoms with Gasteiger partial charge in [-0.2, -0.15) is 15.1 Å². The number of hydrogen-bond acceptors (Lipinski definition) is 7. The van der Waals surface area contributed by atoms with Crippen LogP contribution in [-0.4, -0.2) is 65.8 Å². The van der Waals surface area contributed by atoms with Gasteiger partial charge >= 0.3 is 6.01 Å². The fraction of sp³-hybridized carbons (Fsp3) is 0.562. The highest BCUT2D eigenvalue weighted by Gasteiger charge is 2.19. The van der Waals surface area contributed by atoms with E-state index in [1.54, 1.807) is 6.20 Å². The molecule has 0 aliphatic carbocycles. The maximum absolute atomic E-state index is 5.82. The van der Waals surface area contributed by atoms with E-state index >= 15 is 0 Å². The summed E-state index contributed by atoms with van der Waals surface area (Å²) in [5.74, 6) is 0.841. The van der Waals surface area contributed by atoms with Crippen molar-refractivity contribution in [2.75, 3.05) is 44.4 Å². The lowest BCUT2D eigenvalue weighted by atomic mass is 10.2. The third-order valence-corrected chi connectivity index (χ3v) is 4.21. The summed E-state index contributed by atoms with van der Waals surface area (Å²) in [6.45, 7) is 4.31. The van der Waals surface area contributed by atoms with Gasteiger partial charge in [0.05, 0.1) is 25.0 Å². The van der Waals surface area contributed by atoms with Crippen molar-refractivity contribution >= 4 is 5.82 Å². The second kappa shape index (κ2) is 7.14. The molecule has 4 rings (SSSR count). The molecule has 0 saturated carbocycles. The molecular weight excluding hydrogens is 310 g/mol. The summed E-state index contributed by atoms with van der Waals surface area (Å²) < 4.78 is 16.8.